The van der Waals surface area contributed by atoms with Crippen molar-refractivity contribution < 1.29 is 5.11 Å². The van der Waals surface area contributed by atoms with Crippen LogP contribution in [0, 0.1) is 0 Å². The van der Waals surface area contributed by atoms with Crippen LogP contribution in [0.1, 0.15) is 36.8 Å². The van der Waals surface area contributed by atoms with Gasteiger partial charge in [-0.15, -0.1) is 0 Å². The maximum atomic E-state index is 9.46. The minimum Gasteiger partial charge on any atom is -0.396 e. The molecule has 24 heavy (non-hydrogen) atoms. The topological polar surface area (TPSA) is 34.3 Å². The predicted octanol–water partition coefficient (Wildman–Crippen LogP) is 4.21. The lowest BCUT2D eigenvalue weighted by Gasteiger charge is -2.14. The fraction of sp³-hybridized carbons (Fsp3) is 0.227. The number of aliphatic hydroxyl groups is 1. The number of nitrogens with zero attached hydrogens (tertiary/aromatic N) is 1. The van der Waals surface area contributed by atoms with E-state index in [0.29, 0.717) is 6.42 Å². The summed E-state index contributed by atoms with van der Waals surface area (Å²) in [6, 6.07) is 21.0. The lowest BCUT2D eigenvalue weighted by molar-refractivity contribution is 0.307. The van der Waals surface area contributed by atoms with E-state index in [0.717, 1.165) is 29.8 Å². The smallest absolute Gasteiger partial charge is 0.292 e. The average Bonchev–Trinajstić information content (AvgIpc) is 3.13. The van der Waals surface area contributed by atoms with Gasteiger partial charge < -0.3 is 5.11 Å². The predicted molar refractivity (Wildman–Crippen MR) is 99.4 cm³/mol. The van der Waals surface area contributed by atoms with Crippen molar-refractivity contribution >= 4 is 17.0 Å². The van der Waals surface area contributed by atoms with Gasteiger partial charge in [-0.1, -0.05) is 48.5 Å². The van der Waals surface area contributed by atoms with Crippen LogP contribution in [0.3, 0.4) is 0 Å². The Hall–Kier alpha value is -2.45. The van der Waals surface area contributed by atoms with Gasteiger partial charge >= 0.3 is 0 Å². The Bertz CT molecular complexity index is 829. The molecule has 0 saturated carbocycles. The van der Waals surface area contributed by atoms with Gasteiger partial charge in [0, 0.05) is 5.57 Å². The van der Waals surface area contributed by atoms with Crippen LogP contribution in [-0.2, 0) is 0 Å². The summed E-state index contributed by atoms with van der Waals surface area (Å²) in [5.41, 5.74) is 8.56. The molecule has 4 rings (SSSR count). The number of aliphatic imine (C=N–C) groups is 1. The second-order valence-electron chi connectivity index (χ2n) is 6.30. The Balaban J connectivity index is 1.97. The number of benzene rings is 2. The molecule has 2 aromatic rings. The van der Waals surface area contributed by atoms with Crippen LogP contribution in [0.4, 0.5) is 0 Å². The third-order valence-corrected chi connectivity index (χ3v) is 4.81. The van der Waals surface area contributed by atoms with Crippen LogP contribution < -0.4 is 4.99 Å². The second-order valence-corrected chi connectivity index (χ2v) is 6.30. The molecule has 0 saturated heterocycles. The molecule has 2 aliphatic rings. The van der Waals surface area contributed by atoms with Gasteiger partial charge in [-0.25, -0.2) is 0 Å². The molecule has 0 amide bonds. The zero-order chi connectivity index (χ0) is 16.4. The summed E-state index contributed by atoms with van der Waals surface area (Å²) in [6.07, 6.45) is 3.98. The summed E-state index contributed by atoms with van der Waals surface area (Å²) < 4.78 is 0. The molecular formula is C22H21NO+. The van der Waals surface area contributed by atoms with Gasteiger partial charge in [0.2, 0.25) is 0 Å². The molecule has 119 valence electrons. The molecule has 1 heterocycles. The van der Waals surface area contributed by atoms with Crippen molar-refractivity contribution in [3.8, 4) is 0 Å². The highest BCUT2D eigenvalue weighted by Gasteiger charge is 2.37. The van der Waals surface area contributed by atoms with Crippen LogP contribution in [-0.4, -0.2) is 17.4 Å². The summed E-state index contributed by atoms with van der Waals surface area (Å²) in [5.74, 6) is 0. The van der Waals surface area contributed by atoms with Crippen LogP contribution >= 0.6 is 0 Å². The van der Waals surface area contributed by atoms with Crippen molar-refractivity contribution in [2.75, 3.05) is 6.61 Å². The number of hydrogen-bond acceptors (Lipinski definition) is 2. The minimum atomic E-state index is 0.151. The van der Waals surface area contributed by atoms with Crippen molar-refractivity contribution in [1.29, 1.82) is 0 Å². The highest BCUT2D eigenvalue weighted by molar-refractivity contribution is 6.13. The summed E-state index contributed by atoms with van der Waals surface area (Å²) in [4.78, 5) is 5.02. The van der Waals surface area contributed by atoms with Gasteiger partial charge in [-0.2, -0.15) is 0 Å². The van der Waals surface area contributed by atoms with Crippen LogP contribution in [0.2, 0.25) is 0 Å². The fourth-order valence-electron chi connectivity index (χ4n) is 3.77. The van der Waals surface area contributed by atoms with Gasteiger partial charge in [0.15, 0.2) is 0 Å². The lowest BCUT2D eigenvalue weighted by Crippen LogP contribution is -2.18. The number of hydrogen-bond donors (Lipinski definition) is 1. The molecule has 0 fully saturated rings. The molecule has 0 aromatic heterocycles. The third-order valence-electron chi connectivity index (χ3n) is 4.81. The van der Waals surface area contributed by atoms with E-state index in [1.165, 1.54) is 28.7 Å². The summed E-state index contributed by atoms with van der Waals surface area (Å²) >= 11 is 0. The highest BCUT2D eigenvalue weighted by Crippen LogP contribution is 2.42. The highest BCUT2D eigenvalue weighted by atomic mass is 16.3. The Morgan fingerprint density at radius 3 is 2.08 bits per heavy atom. The quantitative estimate of drug-likeness (QED) is 0.901. The molecule has 2 nitrogen and oxygen atoms in total. The van der Waals surface area contributed by atoms with E-state index in [9.17, 15) is 5.11 Å². The monoisotopic (exact) mass is 315 g/mol. The third kappa shape index (κ3) is 2.63. The first-order valence-electron chi connectivity index (χ1n) is 8.65. The maximum Gasteiger partial charge on any atom is 0.292 e. The standard InChI is InChI=1S/C22H21NO/c24-15-14-20-18-12-7-13-19(18)21(16-8-3-1-4-9-16)22(23-20)17-10-5-2-6-11-17/h1-6,8-11,24H,7,12-15H2/q+1. The fourth-order valence-corrected chi connectivity index (χ4v) is 3.77. The first-order valence-corrected chi connectivity index (χ1v) is 8.65. The van der Waals surface area contributed by atoms with E-state index in [-0.39, 0.29) is 6.61 Å². The summed E-state index contributed by atoms with van der Waals surface area (Å²) in [7, 11) is 0. The zero-order valence-electron chi connectivity index (χ0n) is 13.7. The Morgan fingerprint density at radius 2 is 1.42 bits per heavy atom. The van der Waals surface area contributed by atoms with E-state index in [1.807, 2.05) is 6.07 Å². The van der Waals surface area contributed by atoms with Crippen molar-refractivity contribution in [1.82, 2.24) is 4.99 Å². The first-order chi connectivity index (χ1) is 11.9. The molecule has 1 N–H and O–H groups in total. The van der Waals surface area contributed by atoms with E-state index in [2.05, 4.69) is 54.6 Å². The molecule has 1 aliphatic carbocycles. The van der Waals surface area contributed by atoms with E-state index in [1.54, 1.807) is 0 Å². The molecule has 0 spiro atoms. The summed E-state index contributed by atoms with van der Waals surface area (Å²) in [5, 5.41) is 9.46. The van der Waals surface area contributed by atoms with Gasteiger partial charge in [-0.3, -0.25) is 0 Å². The van der Waals surface area contributed by atoms with Crippen LogP contribution in [0.25, 0.3) is 11.3 Å². The number of allylic oxidation sites excluding steroid dienone is 3. The number of rotatable bonds is 4. The molecule has 2 heteroatoms. The maximum absolute atomic E-state index is 9.46. The van der Waals surface area contributed by atoms with Crippen LogP contribution in [0.5, 0.6) is 0 Å². The van der Waals surface area contributed by atoms with Crippen molar-refractivity contribution in [2.24, 2.45) is 0 Å². The zero-order valence-corrected chi connectivity index (χ0v) is 13.7. The van der Waals surface area contributed by atoms with Crippen molar-refractivity contribution in [2.45, 2.75) is 25.7 Å². The van der Waals surface area contributed by atoms with Crippen molar-refractivity contribution in [3.05, 3.63) is 82.9 Å². The van der Waals surface area contributed by atoms with Gasteiger partial charge in [0.1, 0.15) is 0 Å². The second kappa shape index (κ2) is 6.58. The van der Waals surface area contributed by atoms with Gasteiger partial charge in [0.05, 0.1) is 29.2 Å². The van der Waals surface area contributed by atoms with Crippen molar-refractivity contribution in [3.63, 3.8) is 0 Å². The first kappa shape index (κ1) is 15.1. The molecule has 1 aliphatic heterocycles. The number of aliphatic hydroxyl groups excluding tert-OH is 1. The van der Waals surface area contributed by atoms with Gasteiger partial charge in [0.25, 0.3) is 11.4 Å². The summed E-state index contributed by atoms with van der Waals surface area (Å²) in [6.45, 7) is 0.151. The molecule has 0 unspecified atom stereocenters. The SMILES string of the molecule is OCCC1=[N+]C(c2ccccc2)=C(c2ccccc2)C2=C1CCC2. The molecular weight excluding hydrogens is 294 g/mol. The average molecular weight is 315 g/mol. The lowest BCUT2D eigenvalue weighted by atomic mass is 9.87. The molecule has 2 aromatic carbocycles. The molecule has 0 bridgehead atoms. The van der Waals surface area contributed by atoms with Crippen LogP contribution in [0.15, 0.2) is 71.8 Å². The minimum absolute atomic E-state index is 0.151. The Kier molecular flexibility index (Phi) is 4.14. The Morgan fingerprint density at radius 1 is 0.792 bits per heavy atom. The van der Waals surface area contributed by atoms with Gasteiger partial charge in [-0.05, 0) is 42.5 Å². The van der Waals surface area contributed by atoms with E-state index < -0.39 is 0 Å². The molecule has 1 radical (unpaired) electrons. The van der Waals surface area contributed by atoms with E-state index in [4.69, 9.17) is 4.99 Å². The van der Waals surface area contributed by atoms with E-state index >= 15 is 0 Å². The largest absolute Gasteiger partial charge is 0.396 e. The molecule has 0 atom stereocenters. The normalized spacial score (nSPS) is 17.1. The Labute approximate surface area is 142 Å².